The second-order valence-electron chi connectivity index (χ2n) is 4.27. The molecule has 1 unspecified atom stereocenters. The van der Waals surface area contributed by atoms with Crippen LogP contribution in [-0.2, 0) is 6.42 Å². The zero-order valence-electron chi connectivity index (χ0n) is 9.96. The first-order valence-corrected chi connectivity index (χ1v) is 6.53. The first-order valence-electron chi connectivity index (χ1n) is 5.71. The van der Waals surface area contributed by atoms with E-state index in [0.717, 1.165) is 5.56 Å². The van der Waals surface area contributed by atoms with Gasteiger partial charge in [-0.05, 0) is 42.2 Å². The van der Waals surface area contributed by atoms with E-state index in [1.165, 1.54) is 17.2 Å². The molecule has 0 spiro atoms. The molecule has 0 radical (unpaired) electrons. The van der Waals surface area contributed by atoms with Crippen molar-refractivity contribution in [2.75, 3.05) is 0 Å². The van der Waals surface area contributed by atoms with E-state index in [1.807, 2.05) is 12.1 Å². The van der Waals surface area contributed by atoms with Crippen LogP contribution in [0.15, 0.2) is 42.5 Å². The molecule has 0 bridgehead atoms. The maximum absolute atomic E-state index is 13.1. The van der Waals surface area contributed by atoms with Gasteiger partial charge in [-0.25, -0.2) is 4.39 Å². The van der Waals surface area contributed by atoms with E-state index in [-0.39, 0.29) is 10.4 Å². The molecule has 0 saturated heterocycles. The van der Waals surface area contributed by atoms with Crippen LogP contribution < -0.4 is 0 Å². The van der Waals surface area contributed by atoms with E-state index in [9.17, 15) is 4.39 Å². The van der Waals surface area contributed by atoms with Crippen molar-refractivity contribution in [2.24, 2.45) is 0 Å². The fraction of sp³-hybridized carbons (Fsp3) is 0.200. The Hall–Kier alpha value is -1.05. The minimum Gasteiger partial charge on any atom is -0.205 e. The molecule has 18 heavy (non-hydrogen) atoms. The lowest BCUT2D eigenvalue weighted by Gasteiger charge is -2.12. The van der Waals surface area contributed by atoms with Crippen molar-refractivity contribution in [2.45, 2.75) is 18.7 Å². The summed E-state index contributed by atoms with van der Waals surface area (Å²) in [4.78, 5) is 0. The van der Waals surface area contributed by atoms with Crippen molar-refractivity contribution >= 4 is 23.2 Å². The van der Waals surface area contributed by atoms with Crippen LogP contribution in [0.4, 0.5) is 4.39 Å². The highest BCUT2D eigenvalue weighted by atomic mass is 35.5. The summed E-state index contributed by atoms with van der Waals surface area (Å²) >= 11 is 12.1. The van der Waals surface area contributed by atoms with Crippen molar-refractivity contribution in [1.29, 1.82) is 0 Å². The van der Waals surface area contributed by atoms with Gasteiger partial charge in [0.2, 0.25) is 0 Å². The number of hydrogen-bond donors (Lipinski definition) is 0. The molecule has 0 fully saturated rings. The molecule has 94 valence electrons. The van der Waals surface area contributed by atoms with Crippen molar-refractivity contribution < 1.29 is 4.39 Å². The predicted molar refractivity (Wildman–Crippen MR) is 74.9 cm³/mol. The Morgan fingerprint density at radius 2 is 1.89 bits per heavy atom. The summed E-state index contributed by atoms with van der Waals surface area (Å²) in [6, 6.07) is 12.7. The van der Waals surface area contributed by atoms with Crippen LogP contribution in [-0.4, -0.2) is 0 Å². The van der Waals surface area contributed by atoms with Crippen LogP contribution in [0.2, 0.25) is 5.02 Å². The van der Waals surface area contributed by atoms with Gasteiger partial charge in [-0.1, -0.05) is 41.9 Å². The smallest absolute Gasteiger partial charge is 0.141 e. The summed E-state index contributed by atoms with van der Waals surface area (Å²) in [7, 11) is 0. The van der Waals surface area contributed by atoms with Crippen LogP contribution in [0.5, 0.6) is 0 Å². The fourth-order valence-electron chi connectivity index (χ4n) is 1.86. The summed E-state index contributed by atoms with van der Waals surface area (Å²) in [5, 5.41) is -0.0906. The largest absolute Gasteiger partial charge is 0.205 e. The molecular formula is C15H13Cl2F. The quantitative estimate of drug-likeness (QED) is 0.669. The van der Waals surface area contributed by atoms with Crippen LogP contribution in [0.3, 0.4) is 0 Å². The second-order valence-corrected chi connectivity index (χ2v) is 5.21. The maximum atomic E-state index is 13.1. The van der Waals surface area contributed by atoms with Crippen LogP contribution >= 0.6 is 23.2 Å². The van der Waals surface area contributed by atoms with E-state index in [2.05, 4.69) is 19.1 Å². The molecule has 0 N–H and O–H groups in total. The Kier molecular flexibility index (Phi) is 4.26. The van der Waals surface area contributed by atoms with E-state index in [0.29, 0.717) is 6.42 Å². The Bertz CT molecular complexity index is 552. The molecule has 0 heterocycles. The van der Waals surface area contributed by atoms with Gasteiger partial charge in [-0.15, -0.1) is 11.6 Å². The van der Waals surface area contributed by atoms with Gasteiger partial charge in [-0.2, -0.15) is 0 Å². The lowest BCUT2D eigenvalue weighted by atomic mass is 10.0. The van der Waals surface area contributed by atoms with Crippen molar-refractivity contribution in [3.05, 3.63) is 70.0 Å². The zero-order valence-corrected chi connectivity index (χ0v) is 11.5. The summed E-state index contributed by atoms with van der Waals surface area (Å²) in [6.45, 7) is 2.05. The molecule has 3 heteroatoms. The lowest BCUT2D eigenvalue weighted by molar-refractivity contribution is 0.627. The molecule has 1 atom stereocenters. The molecule has 0 aromatic heterocycles. The highest BCUT2D eigenvalue weighted by molar-refractivity contribution is 6.31. The molecule has 0 amide bonds. The highest BCUT2D eigenvalue weighted by Gasteiger charge is 2.12. The molecule has 2 rings (SSSR count). The van der Waals surface area contributed by atoms with E-state index >= 15 is 0 Å². The molecule has 0 aliphatic heterocycles. The lowest BCUT2D eigenvalue weighted by Crippen LogP contribution is -1.98. The van der Waals surface area contributed by atoms with Crippen molar-refractivity contribution in [3.8, 4) is 0 Å². The number of alkyl halides is 1. The molecule has 0 saturated carbocycles. The average Bonchev–Trinajstić information content (AvgIpc) is 2.35. The van der Waals surface area contributed by atoms with Gasteiger partial charge in [0.1, 0.15) is 5.82 Å². The van der Waals surface area contributed by atoms with Crippen molar-refractivity contribution in [1.82, 2.24) is 0 Å². The SMILES string of the molecule is Cc1ccccc1CC(Cl)c1ccc(F)c(Cl)c1. The summed E-state index contributed by atoms with van der Waals surface area (Å²) in [5.74, 6) is -0.417. The molecule has 2 aromatic carbocycles. The van der Waals surface area contributed by atoms with Gasteiger partial charge in [0.15, 0.2) is 0 Å². The average molecular weight is 283 g/mol. The Labute approximate surface area is 116 Å². The summed E-state index contributed by atoms with van der Waals surface area (Å²) in [5.41, 5.74) is 3.24. The molecule has 0 aliphatic carbocycles. The van der Waals surface area contributed by atoms with E-state index in [1.54, 1.807) is 12.1 Å². The van der Waals surface area contributed by atoms with Crippen LogP contribution in [0.25, 0.3) is 0 Å². The van der Waals surface area contributed by atoms with Gasteiger partial charge in [-0.3, -0.25) is 0 Å². The molecular weight excluding hydrogens is 270 g/mol. The second kappa shape index (κ2) is 5.73. The van der Waals surface area contributed by atoms with Crippen LogP contribution in [0.1, 0.15) is 22.1 Å². The van der Waals surface area contributed by atoms with E-state index < -0.39 is 5.82 Å². The first-order chi connectivity index (χ1) is 8.58. The molecule has 0 nitrogen and oxygen atoms in total. The van der Waals surface area contributed by atoms with Gasteiger partial charge >= 0.3 is 0 Å². The third kappa shape index (κ3) is 3.04. The van der Waals surface area contributed by atoms with Gasteiger partial charge in [0, 0.05) is 0 Å². The normalized spacial score (nSPS) is 12.4. The third-order valence-electron chi connectivity index (χ3n) is 2.97. The minimum absolute atomic E-state index is 0.114. The monoisotopic (exact) mass is 282 g/mol. The maximum Gasteiger partial charge on any atom is 0.141 e. The Morgan fingerprint density at radius 3 is 2.56 bits per heavy atom. The first kappa shape index (κ1) is 13.4. The molecule has 2 aromatic rings. The topological polar surface area (TPSA) is 0 Å². The highest BCUT2D eigenvalue weighted by Crippen LogP contribution is 2.29. The predicted octanol–water partition coefficient (Wildman–Crippen LogP) is 5.31. The van der Waals surface area contributed by atoms with Gasteiger partial charge < -0.3 is 0 Å². The van der Waals surface area contributed by atoms with Gasteiger partial charge in [0.05, 0.1) is 10.4 Å². The number of benzene rings is 2. The standard InChI is InChI=1S/C15H13Cl2F/c1-10-4-2-3-5-11(10)8-13(16)12-6-7-15(18)14(17)9-12/h2-7,9,13H,8H2,1H3. The number of hydrogen-bond acceptors (Lipinski definition) is 0. The third-order valence-corrected chi connectivity index (χ3v) is 3.66. The minimum atomic E-state index is -0.417. The summed E-state index contributed by atoms with van der Waals surface area (Å²) < 4.78 is 13.1. The number of halogens is 3. The Balaban J connectivity index is 2.19. The summed E-state index contributed by atoms with van der Waals surface area (Å²) in [6.07, 6.45) is 0.705. The molecule has 0 aliphatic rings. The van der Waals surface area contributed by atoms with Gasteiger partial charge in [0.25, 0.3) is 0 Å². The van der Waals surface area contributed by atoms with E-state index in [4.69, 9.17) is 23.2 Å². The zero-order chi connectivity index (χ0) is 13.1. The number of aryl methyl sites for hydroxylation is 1. The van der Waals surface area contributed by atoms with Crippen molar-refractivity contribution in [3.63, 3.8) is 0 Å². The Morgan fingerprint density at radius 1 is 1.17 bits per heavy atom. The number of rotatable bonds is 3. The van der Waals surface area contributed by atoms with Crippen LogP contribution in [0, 0.1) is 12.7 Å². The fourth-order valence-corrected chi connectivity index (χ4v) is 2.35.